The van der Waals surface area contributed by atoms with Crippen LogP contribution in [0, 0.1) is 10.1 Å². The third-order valence-electron chi connectivity index (χ3n) is 4.26. The van der Waals surface area contributed by atoms with Gasteiger partial charge in [-0.15, -0.1) is 0 Å². The number of carbonyl (C=O) groups excluding carboxylic acids is 1. The smallest absolute Gasteiger partial charge is 0.269 e. The van der Waals surface area contributed by atoms with Crippen molar-refractivity contribution in [2.24, 2.45) is 0 Å². The van der Waals surface area contributed by atoms with Crippen LogP contribution in [-0.4, -0.2) is 42.8 Å². The highest BCUT2D eigenvalue weighted by Gasteiger charge is 2.41. The third kappa shape index (κ3) is 4.27. The van der Waals surface area contributed by atoms with Crippen molar-refractivity contribution >= 4 is 21.4 Å². The molecular formula is C16H18N3O6S+. The predicted molar refractivity (Wildman–Crippen MR) is 91.1 cm³/mol. The number of benzene rings is 1. The van der Waals surface area contributed by atoms with Crippen LogP contribution in [0.2, 0.25) is 0 Å². The van der Waals surface area contributed by atoms with E-state index in [4.69, 9.17) is 4.42 Å². The van der Waals surface area contributed by atoms with Crippen LogP contribution >= 0.6 is 0 Å². The monoisotopic (exact) mass is 380 g/mol. The van der Waals surface area contributed by atoms with Gasteiger partial charge in [-0.1, -0.05) is 0 Å². The number of nitrogens with one attached hydrogen (secondary N) is 1. The average molecular weight is 380 g/mol. The van der Waals surface area contributed by atoms with E-state index < -0.39 is 26.7 Å². The van der Waals surface area contributed by atoms with E-state index in [1.54, 1.807) is 18.4 Å². The summed E-state index contributed by atoms with van der Waals surface area (Å²) in [5.41, 5.74) is 0.124. The Hall–Kier alpha value is -2.72. The molecule has 0 spiro atoms. The van der Waals surface area contributed by atoms with E-state index in [0.29, 0.717) is 6.54 Å². The van der Waals surface area contributed by atoms with Gasteiger partial charge in [-0.25, -0.2) is 8.42 Å². The van der Waals surface area contributed by atoms with Crippen molar-refractivity contribution in [2.75, 3.05) is 11.5 Å². The number of nitrogens with two attached hydrogens (primary N) is 1. The van der Waals surface area contributed by atoms with Gasteiger partial charge in [-0.2, -0.15) is 0 Å². The highest BCUT2D eigenvalue weighted by atomic mass is 32.2. The maximum absolute atomic E-state index is 12.4. The van der Waals surface area contributed by atoms with Crippen LogP contribution in [0.3, 0.4) is 0 Å². The lowest BCUT2D eigenvalue weighted by Gasteiger charge is -2.17. The van der Waals surface area contributed by atoms with E-state index in [1.165, 1.54) is 24.3 Å². The minimum atomic E-state index is -3.25. The van der Waals surface area contributed by atoms with Gasteiger partial charge in [-0.3, -0.25) is 14.9 Å². The Kier molecular flexibility index (Phi) is 5.05. The van der Waals surface area contributed by atoms with Crippen molar-refractivity contribution in [3.8, 4) is 0 Å². The summed E-state index contributed by atoms with van der Waals surface area (Å²) in [7, 11) is -3.25. The minimum Gasteiger partial charge on any atom is -0.463 e. The summed E-state index contributed by atoms with van der Waals surface area (Å²) in [5, 5.41) is 15.2. The van der Waals surface area contributed by atoms with Crippen molar-refractivity contribution in [3.05, 3.63) is 64.1 Å². The molecule has 0 saturated carbocycles. The maximum atomic E-state index is 12.4. The van der Waals surface area contributed by atoms with Crippen molar-refractivity contribution in [2.45, 2.75) is 18.6 Å². The van der Waals surface area contributed by atoms with E-state index in [9.17, 15) is 23.3 Å². The minimum absolute atomic E-state index is 0.0289. The zero-order valence-corrected chi connectivity index (χ0v) is 14.5. The lowest BCUT2D eigenvalue weighted by atomic mass is 10.1. The molecule has 138 valence electrons. The van der Waals surface area contributed by atoms with Crippen LogP contribution in [0.15, 0.2) is 47.1 Å². The molecule has 0 aliphatic carbocycles. The Balaban J connectivity index is 1.67. The first-order chi connectivity index (χ1) is 12.3. The molecule has 0 radical (unpaired) electrons. The van der Waals surface area contributed by atoms with Gasteiger partial charge in [-0.05, 0) is 24.3 Å². The largest absolute Gasteiger partial charge is 0.463 e. The zero-order chi connectivity index (χ0) is 18.7. The van der Waals surface area contributed by atoms with Gasteiger partial charge in [0, 0.05) is 17.7 Å². The number of nitro benzene ring substituents is 1. The molecule has 2 aromatic rings. The summed E-state index contributed by atoms with van der Waals surface area (Å²) < 4.78 is 29.2. The van der Waals surface area contributed by atoms with Crippen LogP contribution in [0.25, 0.3) is 0 Å². The molecule has 9 nitrogen and oxygen atoms in total. The molecule has 1 aromatic carbocycles. The summed E-state index contributed by atoms with van der Waals surface area (Å²) in [6, 6.07) is 7.84. The first kappa shape index (κ1) is 18.1. The molecule has 26 heavy (non-hydrogen) atoms. The van der Waals surface area contributed by atoms with Crippen LogP contribution in [0.5, 0.6) is 0 Å². The van der Waals surface area contributed by atoms with Gasteiger partial charge in [0.15, 0.2) is 15.6 Å². The molecule has 0 bridgehead atoms. The van der Waals surface area contributed by atoms with Gasteiger partial charge in [0.25, 0.3) is 11.6 Å². The highest BCUT2D eigenvalue weighted by Crippen LogP contribution is 2.14. The number of hydrogen-bond donors (Lipinski definition) is 2. The number of hydrogen-bond acceptors (Lipinski definition) is 6. The van der Waals surface area contributed by atoms with Crippen LogP contribution in [0.4, 0.5) is 5.69 Å². The van der Waals surface area contributed by atoms with E-state index >= 15 is 0 Å². The number of carbonyl (C=O) groups is 1. The third-order valence-corrected chi connectivity index (χ3v) is 6.02. The van der Waals surface area contributed by atoms with Crippen molar-refractivity contribution in [1.29, 1.82) is 0 Å². The number of amides is 1. The van der Waals surface area contributed by atoms with Gasteiger partial charge in [0.1, 0.15) is 18.3 Å². The fourth-order valence-corrected chi connectivity index (χ4v) is 4.91. The van der Waals surface area contributed by atoms with Gasteiger partial charge < -0.3 is 15.1 Å². The van der Waals surface area contributed by atoms with Crippen LogP contribution < -0.4 is 10.6 Å². The first-order valence-corrected chi connectivity index (χ1v) is 9.78. The molecule has 3 rings (SSSR count). The number of nitro groups is 1. The summed E-state index contributed by atoms with van der Waals surface area (Å²) in [6.07, 6.45) is 1.54. The predicted octanol–water partition coefficient (Wildman–Crippen LogP) is -0.153. The van der Waals surface area contributed by atoms with E-state index in [0.717, 1.165) is 5.76 Å². The molecule has 10 heteroatoms. The van der Waals surface area contributed by atoms with Crippen molar-refractivity contribution in [3.63, 3.8) is 0 Å². The SMILES string of the molecule is O=C(N[C@H]1CS(=O)(=O)C[C@@H]1[NH2+]Cc1ccco1)c1ccc([N+](=O)[O-])cc1. The Morgan fingerprint density at radius 3 is 2.62 bits per heavy atom. The summed E-state index contributed by atoms with van der Waals surface area (Å²) in [5.74, 6) is 0.0948. The molecule has 1 saturated heterocycles. The molecule has 1 aliphatic rings. The molecule has 1 amide bonds. The standard InChI is InChI=1S/C16H17N3O6S/c20-16(11-3-5-12(6-4-11)19(21)22)18-15-10-26(23,24)9-14(15)17-8-13-2-1-7-25-13/h1-7,14-15,17H,8-10H2,(H,18,20)/p+1/t14-,15-/m0/s1. The second-order valence-electron chi connectivity index (χ2n) is 6.14. The van der Waals surface area contributed by atoms with E-state index in [-0.39, 0.29) is 28.8 Å². The van der Waals surface area contributed by atoms with Crippen LogP contribution in [-0.2, 0) is 16.4 Å². The molecule has 1 aliphatic heterocycles. The fraction of sp³-hybridized carbons (Fsp3) is 0.312. The number of quaternary nitrogens is 1. The van der Waals surface area contributed by atoms with Crippen molar-refractivity contribution < 1.29 is 27.9 Å². The normalized spacial score (nSPS) is 21.4. The Morgan fingerprint density at radius 1 is 1.27 bits per heavy atom. The molecule has 2 atom stereocenters. The topological polar surface area (TPSA) is 136 Å². The zero-order valence-electron chi connectivity index (χ0n) is 13.7. The Bertz CT molecular complexity index is 893. The number of non-ortho nitro benzene ring substituents is 1. The molecule has 0 unspecified atom stereocenters. The number of nitrogens with zero attached hydrogens (tertiary/aromatic N) is 1. The van der Waals surface area contributed by atoms with E-state index in [2.05, 4.69) is 5.32 Å². The molecule has 2 heterocycles. The average Bonchev–Trinajstić information content (AvgIpc) is 3.20. The molecule has 1 fully saturated rings. The van der Waals surface area contributed by atoms with Crippen LogP contribution in [0.1, 0.15) is 16.1 Å². The quantitative estimate of drug-likeness (QED) is 0.528. The lowest BCUT2D eigenvalue weighted by molar-refractivity contribution is -0.702. The molecule has 3 N–H and O–H groups in total. The first-order valence-electron chi connectivity index (χ1n) is 7.95. The number of furan rings is 1. The molecular weight excluding hydrogens is 362 g/mol. The molecule has 1 aromatic heterocycles. The van der Waals surface area contributed by atoms with Gasteiger partial charge >= 0.3 is 0 Å². The summed E-state index contributed by atoms with van der Waals surface area (Å²) in [6.45, 7) is 0.469. The Labute approximate surface area is 149 Å². The van der Waals surface area contributed by atoms with E-state index in [1.807, 2.05) is 5.32 Å². The number of sulfone groups is 1. The van der Waals surface area contributed by atoms with Gasteiger partial charge in [0.05, 0.1) is 23.0 Å². The Morgan fingerprint density at radius 2 is 2.00 bits per heavy atom. The fourth-order valence-electron chi connectivity index (χ4n) is 2.94. The number of rotatable bonds is 6. The highest BCUT2D eigenvalue weighted by molar-refractivity contribution is 7.91. The lowest BCUT2D eigenvalue weighted by Crippen LogP contribution is -2.92. The van der Waals surface area contributed by atoms with Gasteiger partial charge in [0.2, 0.25) is 0 Å². The maximum Gasteiger partial charge on any atom is 0.269 e. The second-order valence-corrected chi connectivity index (χ2v) is 8.30. The second kappa shape index (κ2) is 7.26. The van der Waals surface area contributed by atoms with Crippen molar-refractivity contribution in [1.82, 2.24) is 5.32 Å². The summed E-state index contributed by atoms with van der Waals surface area (Å²) in [4.78, 5) is 22.5. The summed E-state index contributed by atoms with van der Waals surface area (Å²) >= 11 is 0.